The van der Waals surface area contributed by atoms with E-state index < -0.39 is 0 Å². The molecular weight excluding hydrogens is 345 g/mol. The minimum Gasteiger partial charge on any atom is -0.267 e. The number of amides is 1. The molecule has 3 aromatic rings. The van der Waals surface area contributed by atoms with E-state index in [1.165, 1.54) is 6.21 Å². The number of aryl methyl sites for hydroxylation is 1. The molecule has 0 saturated carbocycles. The van der Waals surface area contributed by atoms with E-state index in [0.29, 0.717) is 21.3 Å². The van der Waals surface area contributed by atoms with Crippen LogP contribution in [0.4, 0.5) is 0 Å². The lowest BCUT2D eigenvalue weighted by Crippen LogP contribution is -2.17. The van der Waals surface area contributed by atoms with E-state index in [4.69, 9.17) is 23.2 Å². The molecule has 0 bridgehead atoms. The highest BCUT2D eigenvalue weighted by Gasteiger charge is 2.05. The molecule has 1 heterocycles. The second-order valence-corrected chi connectivity index (χ2v) is 6.07. The molecule has 2 aromatic carbocycles. The summed E-state index contributed by atoms with van der Waals surface area (Å²) in [6, 6.07) is 14.4. The van der Waals surface area contributed by atoms with Gasteiger partial charge in [-0.15, -0.1) is 0 Å². The van der Waals surface area contributed by atoms with Gasteiger partial charge in [0.05, 0.1) is 11.7 Å². The fourth-order valence-electron chi connectivity index (χ4n) is 2.16. The predicted molar refractivity (Wildman–Crippen MR) is 98.0 cm³/mol. The predicted octanol–water partition coefficient (Wildman–Crippen LogP) is 4.61. The minimum absolute atomic E-state index is 0.292. The molecule has 1 amide bonds. The molecule has 1 N–H and O–H groups in total. The first-order chi connectivity index (χ1) is 11.5. The fourth-order valence-corrected chi connectivity index (χ4v) is 2.54. The normalized spacial score (nSPS) is 11.1. The lowest BCUT2D eigenvalue weighted by Gasteiger charge is -2.03. The third kappa shape index (κ3) is 3.72. The lowest BCUT2D eigenvalue weighted by molar-refractivity contribution is 0.0955. The van der Waals surface area contributed by atoms with E-state index >= 15 is 0 Å². The van der Waals surface area contributed by atoms with Gasteiger partial charge in [0.15, 0.2) is 0 Å². The van der Waals surface area contributed by atoms with E-state index in [2.05, 4.69) is 15.5 Å². The average Bonchev–Trinajstić information content (AvgIpc) is 2.56. The topological polar surface area (TPSA) is 54.4 Å². The number of carbonyl (C=O) groups excluding carboxylic acids is 1. The number of hydrazone groups is 1. The monoisotopic (exact) mass is 357 g/mol. The Bertz CT molecular complexity index is 937. The standard InChI is InChI=1S/C18H13Cl2N3O/c1-11-2-4-12(5-3-11)18(24)23-21-10-14-8-13-9-15(19)6-7-16(13)22-17(14)20/h2-10H,1H3,(H,23,24)/b21-10-. The number of nitrogens with one attached hydrogen (secondary N) is 1. The maximum absolute atomic E-state index is 12.0. The summed E-state index contributed by atoms with van der Waals surface area (Å²) < 4.78 is 0. The molecule has 0 radical (unpaired) electrons. The smallest absolute Gasteiger partial charge is 0.267 e. The zero-order valence-electron chi connectivity index (χ0n) is 12.8. The minimum atomic E-state index is -0.292. The van der Waals surface area contributed by atoms with Gasteiger partial charge in [0, 0.05) is 21.5 Å². The Kier molecular flexibility index (Phi) is 4.79. The van der Waals surface area contributed by atoms with Crippen molar-refractivity contribution in [3.63, 3.8) is 0 Å². The van der Waals surface area contributed by atoms with Crippen LogP contribution in [0.5, 0.6) is 0 Å². The molecule has 1 aromatic heterocycles. The Balaban J connectivity index is 1.78. The Morgan fingerprint density at radius 3 is 2.62 bits per heavy atom. The van der Waals surface area contributed by atoms with E-state index in [1.807, 2.05) is 25.1 Å². The first kappa shape index (κ1) is 16.4. The van der Waals surface area contributed by atoms with Crippen molar-refractivity contribution in [3.8, 4) is 0 Å². The summed E-state index contributed by atoms with van der Waals surface area (Å²) in [7, 11) is 0. The van der Waals surface area contributed by atoms with Gasteiger partial charge in [-0.2, -0.15) is 5.10 Å². The van der Waals surface area contributed by atoms with Crippen LogP contribution in [-0.2, 0) is 0 Å². The van der Waals surface area contributed by atoms with Gasteiger partial charge >= 0.3 is 0 Å². The average molecular weight is 358 g/mol. The summed E-state index contributed by atoms with van der Waals surface area (Å²) in [6.45, 7) is 1.96. The van der Waals surface area contributed by atoms with Crippen LogP contribution in [-0.4, -0.2) is 17.1 Å². The molecule has 0 aliphatic heterocycles. The summed E-state index contributed by atoms with van der Waals surface area (Å²) in [5.74, 6) is -0.292. The number of benzene rings is 2. The number of fused-ring (bicyclic) bond motifs is 1. The maximum Gasteiger partial charge on any atom is 0.271 e. The molecule has 4 nitrogen and oxygen atoms in total. The number of aromatic nitrogens is 1. The van der Waals surface area contributed by atoms with Crippen LogP contribution in [0.2, 0.25) is 10.2 Å². The number of carbonyl (C=O) groups is 1. The maximum atomic E-state index is 12.0. The van der Waals surface area contributed by atoms with E-state index in [-0.39, 0.29) is 5.91 Å². The van der Waals surface area contributed by atoms with Crippen molar-refractivity contribution in [2.75, 3.05) is 0 Å². The van der Waals surface area contributed by atoms with Crippen LogP contribution < -0.4 is 5.43 Å². The summed E-state index contributed by atoms with van der Waals surface area (Å²) in [5, 5.41) is 5.71. The fraction of sp³-hybridized carbons (Fsp3) is 0.0556. The zero-order chi connectivity index (χ0) is 17.1. The van der Waals surface area contributed by atoms with Crippen molar-refractivity contribution < 1.29 is 4.79 Å². The summed E-state index contributed by atoms with van der Waals surface area (Å²) in [5.41, 5.74) is 5.43. The van der Waals surface area contributed by atoms with Crippen LogP contribution in [0.15, 0.2) is 53.6 Å². The number of pyridine rings is 1. The molecule has 3 rings (SSSR count). The zero-order valence-corrected chi connectivity index (χ0v) is 14.3. The summed E-state index contributed by atoms with van der Waals surface area (Å²) >= 11 is 12.1. The van der Waals surface area contributed by atoms with Crippen molar-refractivity contribution in [2.45, 2.75) is 6.92 Å². The first-order valence-corrected chi connectivity index (χ1v) is 7.94. The molecule has 0 fully saturated rings. The Morgan fingerprint density at radius 2 is 1.88 bits per heavy atom. The third-order valence-electron chi connectivity index (χ3n) is 3.44. The second kappa shape index (κ2) is 6.99. The van der Waals surface area contributed by atoms with Crippen LogP contribution in [0.25, 0.3) is 10.9 Å². The molecule has 0 aliphatic carbocycles. The number of halogens is 2. The van der Waals surface area contributed by atoms with Crippen molar-refractivity contribution in [1.82, 2.24) is 10.4 Å². The van der Waals surface area contributed by atoms with Crippen molar-refractivity contribution in [2.24, 2.45) is 5.10 Å². The van der Waals surface area contributed by atoms with Crippen LogP contribution >= 0.6 is 23.2 Å². The molecule has 24 heavy (non-hydrogen) atoms. The Labute approximate surface area is 149 Å². The third-order valence-corrected chi connectivity index (χ3v) is 3.98. The molecule has 0 atom stereocenters. The number of hydrogen-bond acceptors (Lipinski definition) is 3. The van der Waals surface area contributed by atoms with Gasteiger partial charge in [0.1, 0.15) is 5.15 Å². The Morgan fingerprint density at radius 1 is 1.12 bits per heavy atom. The highest BCUT2D eigenvalue weighted by atomic mass is 35.5. The lowest BCUT2D eigenvalue weighted by atomic mass is 10.1. The second-order valence-electron chi connectivity index (χ2n) is 5.27. The highest BCUT2D eigenvalue weighted by Crippen LogP contribution is 2.22. The van der Waals surface area contributed by atoms with Gasteiger partial charge < -0.3 is 0 Å². The largest absolute Gasteiger partial charge is 0.271 e. The van der Waals surface area contributed by atoms with Gasteiger partial charge in [-0.1, -0.05) is 40.9 Å². The van der Waals surface area contributed by atoms with Crippen molar-refractivity contribution in [1.29, 1.82) is 0 Å². The Hall–Kier alpha value is -2.43. The van der Waals surface area contributed by atoms with Crippen molar-refractivity contribution >= 4 is 46.2 Å². The van der Waals surface area contributed by atoms with Gasteiger partial charge in [0.2, 0.25) is 0 Å². The van der Waals surface area contributed by atoms with Crippen LogP contribution in [0.3, 0.4) is 0 Å². The van der Waals surface area contributed by atoms with Gasteiger partial charge in [-0.3, -0.25) is 4.79 Å². The summed E-state index contributed by atoms with van der Waals surface area (Å²) in [4.78, 5) is 16.3. The molecule has 120 valence electrons. The number of nitrogens with zero attached hydrogens (tertiary/aromatic N) is 2. The molecule has 0 spiro atoms. The van der Waals surface area contributed by atoms with Crippen LogP contribution in [0.1, 0.15) is 21.5 Å². The van der Waals surface area contributed by atoms with Crippen molar-refractivity contribution in [3.05, 3.63) is 75.4 Å². The molecule has 0 unspecified atom stereocenters. The molecule has 0 aliphatic rings. The first-order valence-electron chi connectivity index (χ1n) is 7.19. The van der Waals surface area contributed by atoms with Gasteiger partial charge in [-0.25, -0.2) is 10.4 Å². The number of rotatable bonds is 3. The molecular formula is C18H13Cl2N3O. The van der Waals surface area contributed by atoms with E-state index in [1.54, 1.807) is 30.3 Å². The highest BCUT2D eigenvalue weighted by molar-refractivity contribution is 6.33. The molecule has 6 heteroatoms. The van der Waals surface area contributed by atoms with E-state index in [9.17, 15) is 4.79 Å². The SMILES string of the molecule is Cc1ccc(C(=O)N/N=C\c2cc3cc(Cl)ccc3nc2Cl)cc1. The van der Waals surface area contributed by atoms with E-state index in [0.717, 1.165) is 16.5 Å². The van der Waals surface area contributed by atoms with Gasteiger partial charge in [0.25, 0.3) is 5.91 Å². The van der Waals surface area contributed by atoms with Gasteiger partial charge in [-0.05, 0) is 43.3 Å². The van der Waals surface area contributed by atoms with Crippen LogP contribution in [0, 0.1) is 6.92 Å². The quantitative estimate of drug-likeness (QED) is 0.422. The number of hydrogen-bond donors (Lipinski definition) is 1. The summed E-state index contributed by atoms with van der Waals surface area (Å²) in [6.07, 6.45) is 1.46. The molecule has 0 saturated heterocycles.